The van der Waals surface area contributed by atoms with Gasteiger partial charge in [-0.15, -0.1) is 0 Å². The molecule has 0 bridgehead atoms. The fraction of sp³-hybridized carbons (Fsp3) is 0.429. The summed E-state index contributed by atoms with van der Waals surface area (Å²) in [6.07, 6.45) is -0.537. The van der Waals surface area contributed by atoms with Gasteiger partial charge >= 0.3 is 0 Å². The van der Waals surface area contributed by atoms with E-state index in [1.807, 2.05) is 32.0 Å². The fourth-order valence-electron chi connectivity index (χ4n) is 1.82. The van der Waals surface area contributed by atoms with E-state index in [2.05, 4.69) is 0 Å². The standard InChI is InChI=1S/C14H18O3/c1-4-14(3,16)13(15)12-8-10-7-9(2)5-6-11(10)17-12/h5-8,13,15-16H,4H2,1-3H3. The highest BCUT2D eigenvalue weighted by Crippen LogP contribution is 2.32. The molecule has 3 heteroatoms. The Kier molecular flexibility index (Phi) is 2.98. The molecule has 2 aromatic rings. The van der Waals surface area contributed by atoms with E-state index in [9.17, 15) is 10.2 Å². The Morgan fingerprint density at radius 3 is 2.71 bits per heavy atom. The molecule has 17 heavy (non-hydrogen) atoms. The molecule has 0 radical (unpaired) electrons. The number of furan rings is 1. The Hall–Kier alpha value is -1.32. The molecule has 0 aliphatic rings. The number of aliphatic hydroxyl groups excluding tert-OH is 1. The van der Waals surface area contributed by atoms with Crippen LogP contribution in [0.25, 0.3) is 11.0 Å². The van der Waals surface area contributed by atoms with Crippen LogP contribution in [0.2, 0.25) is 0 Å². The lowest BCUT2D eigenvalue weighted by Crippen LogP contribution is -2.31. The summed E-state index contributed by atoms with van der Waals surface area (Å²) in [4.78, 5) is 0. The Labute approximate surface area is 101 Å². The maximum absolute atomic E-state index is 10.1. The molecule has 0 aliphatic heterocycles. The summed E-state index contributed by atoms with van der Waals surface area (Å²) in [5.74, 6) is 0.414. The minimum absolute atomic E-state index is 0.414. The first-order chi connectivity index (χ1) is 7.94. The average Bonchev–Trinajstić information content (AvgIpc) is 2.70. The lowest BCUT2D eigenvalue weighted by molar-refractivity contribution is -0.0743. The van der Waals surface area contributed by atoms with Crippen LogP contribution in [0.4, 0.5) is 0 Å². The van der Waals surface area contributed by atoms with E-state index in [0.29, 0.717) is 12.2 Å². The molecular formula is C14H18O3. The molecule has 0 spiro atoms. The minimum atomic E-state index is -1.16. The van der Waals surface area contributed by atoms with Crippen molar-refractivity contribution in [3.63, 3.8) is 0 Å². The van der Waals surface area contributed by atoms with Crippen molar-refractivity contribution in [1.29, 1.82) is 0 Å². The quantitative estimate of drug-likeness (QED) is 0.858. The molecule has 2 unspecified atom stereocenters. The van der Waals surface area contributed by atoms with Crippen LogP contribution in [-0.2, 0) is 0 Å². The second kappa shape index (κ2) is 4.17. The SMILES string of the molecule is CCC(C)(O)C(O)c1cc2cc(C)ccc2o1. The van der Waals surface area contributed by atoms with Gasteiger partial charge in [-0.25, -0.2) is 0 Å². The molecule has 2 rings (SSSR count). The molecular weight excluding hydrogens is 216 g/mol. The molecule has 1 aromatic heterocycles. The lowest BCUT2D eigenvalue weighted by Gasteiger charge is -2.25. The van der Waals surface area contributed by atoms with E-state index in [1.54, 1.807) is 13.0 Å². The fourth-order valence-corrected chi connectivity index (χ4v) is 1.82. The molecule has 0 aliphatic carbocycles. The van der Waals surface area contributed by atoms with Crippen molar-refractivity contribution in [1.82, 2.24) is 0 Å². The van der Waals surface area contributed by atoms with Crippen LogP contribution in [-0.4, -0.2) is 15.8 Å². The lowest BCUT2D eigenvalue weighted by atomic mass is 9.94. The van der Waals surface area contributed by atoms with Crippen molar-refractivity contribution < 1.29 is 14.6 Å². The summed E-state index contributed by atoms with van der Waals surface area (Å²) in [5, 5.41) is 21.0. The van der Waals surface area contributed by atoms with Gasteiger partial charge in [0.25, 0.3) is 0 Å². The van der Waals surface area contributed by atoms with Crippen LogP contribution in [0.3, 0.4) is 0 Å². The number of benzene rings is 1. The van der Waals surface area contributed by atoms with Crippen molar-refractivity contribution in [2.45, 2.75) is 38.9 Å². The van der Waals surface area contributed by atoms with Gasteiger partial charge in [0.1, 0.15) is 17.4 Å². The Morgan fingerprint density at radius 1 is 1.35 bits per heavy atom. The van der Waals surface area contributed by atoms with E-state index in [0.717, 1.165) is 16.5 Å². The van der Waals surface area contributed by atoms with Gasteiger partial charge in [-0.2, -0.15) is 0 Å². The van der Waals surface area contributed by atoms with Crippen molar-refractivity contribution >= 4 is 11.0 Å². The molecule has 92 valence electrons. The van der Waals surface area contributed by atoms with E-state index in [1.165, 1.54) is 0 Å². The molecule has 2 atom stereocenters. The molecule has 3 nitrogen and oxygen atoms in total. The van der Waals surface area contributed by atoms with Crippen LogP contribution in [0.5, 0.6) is 0 Å². The second-order valence-corrected chi connectivity index (χ2v) is 4.80. The minimum Gasteiger partial charge on any atom is -0.458 e. The summed E-state index contributed by atoms with van der Waals surface area (Å²) in [6.45, 7) is 5.44. The Bertz CT molecular complexity index is 525. The second-order valence-electron chi connectivity index (χ2n) is 4.80. The number of aliphatic hydroxyl groups is 2. The van der Waals surface area contributed by atoms with Gasteiger partial charge < -0.3 is 14.6 Å². The molecule has 0 fully saturated rings. The summed E-state index contributed by atoms with van der Waals surface area (Å²) in [5.41, 5.74) is 0.710. The molecule has 0 saturated carbocycles. The smallest absolute Gasteiger partial charge is 0.140 e. The zero-order chi connectivity index (χ0) is 12.6. The third kappa shape index (κ3) is 2.21. The molecule has 1 heterocycles. The van der Waals surface area contributed by atoms with Crippen molar-refractivity contribution in [3.8, 4) is 0 Å². The van der Waals surface area contributed by atoms with E-state index < -0.39 is 11.7 Å². The zero-order valence-electron chi connectivity index (χ0n) is 10.4. The zero-order valence-corrected chi connectivity index (χ0v) is 10.4. The number of hydrogen-bond acceptors (Lipinski definition) is 3. The summed E-state index contributed by atoms with van der Waals surface area (Å²) in [6, 6.07) is 7.62. The van der Waals surface area contributed by atoms with E-state index in [4.69, 9.17) is 4.42 Å². The van der Waals surface area contributed by atoms with Crippen LogP contribution in [0.15, 0.2) is 28.7 Å². The first kappa shape index (κ1) is 12.1. The highest BCUT2D eigenvalue weighted by Gasteiger charge is 2.32. The summed E-state index contributed by atoms with van der Waals surface area (Å²) < 4.78 is 5.56. The third-order valence-corrected chi connectivity index (χ3v) is 3.27. The molecule has 0 amide bonds. The van der Waals surface area contributed by atoms with Gasteiger partial charge in [0.2, 0.25) is 0 Å². The summed E-state index contributed by atoms with van der Waals surface area (Å²) >= 11 is 0. The van der Waals surface area contributed by atoms with E-state index in [-0.39, 0.29) is 0 Å². The van der Waals surface area contributed by atoms with Crippen LogP contribution >= 0.6 is 0 Å². The van der Waals surface area contributed by atoms with Gasteiger partial charge in [0.15, 0.2) is 0 Å². The number of hydrogen-bond donors (Lipinski definition) is 2. The first-order valence-corrected chi connectivity index (χ1v) is 5.84. The molecule has 2 N–H and O–H groups in total. The maximum Gasteiger partial charge on any atom is 0.140 e. The molecule has 0 saturated heterocycles. The van der Waals surface area contributed by atoms with Gasteiger partial charge in [0, 0.05) is 5.39 Å². The van der Waals surface area contributed by atoms with Crippen molar-refractivity contribution in [3.05, 3.63) is 35.6 Å². The topological polar surface area (TPSA) is 53.6 Å². The normalized spacial score (nSPS) is 17.0. The number of aryl methyl sites for hydroxylation is 1. The number of fused-ring (bicyclic) bond motifs is 1. The van der Waals surface area contributed by atoms with Gasteiger partial charge in [-0.1, -0.05) is 18.6 Å². The Morgan fingerprint density at radius 2 is 2.06 bits per heavy atom. The maximum atomic E-state index is 10.1. The highest BCUT2D eigenvalue weighted by atomic mass is 16.4. The van der Waals surface area contributed by atoms with Crippen LogP contribution < -0.4 is 0 Å². The van der Waals surface area contributed by atoms with Crippen LogP contribution in [0, 0.1) is 6.92 Å². The van der Waals surface area contributed by atoms with Gasteiger partial charge in [0.05, 0.1) is 5.60 Å². The van der Waals surface area contributed by atoms with Crippen molar-refractivity contribution in [2.24, 2.45) is 0 Å². The number of rotatable bonds is 3. The van der Waals surface area contributed by atoms with Gasteiger partial charge in [-0.05, 0) is 38.5 Å². The monoisotopic (exact) mass is 234 g/mol. The predicted molar refractivity (Wildman–Crippen MR) is 66.8 cm³/mol. The largest absolute Gasteiger partial charge is 0.458 e. The third-order valence-electron chi connectivity index (χ3n) is 3.27. The highest BCUT2D eigenvalue weighted by molar-refractivity contribution is 5.78. The van der Waals surface area contributed by atoms with E-state index >= 15 is 0 Å². The predicted octanol–water partition coefficient (Wildman–Crippen LogP) is 2.94. The average molecular weight is 234 g/mol. The van der Waals surface area contributed by atoms with Crippen LogP contribution in [0.1, 0.15) is 37.7 Å². The molecule has 1 aromatic carbocycles. The first-order valence-electron chi connectivity index (χ1n) is 5.84. The summed E-state index contributed by atoms with van der Waals surface area (Å²) in [7, 11) is 0. The van der Waals surface area contributed by atoms with Gasteiger partial charge in [-0.3, -0.25) is 0 Å². The Balaban J connectivity index is 2.43. The van der Waals surface area contributed by atoms with Crippen molar-refractivity contribution in [2.75, 3.05) is 0 Å².